The molecule has 1 heterocycles. The number of hydrogen-bond acceptors (Lipinski definition) is 3. The molecule has 2 fully saturated rings. The Morgan fingerprint density at radius 2 is 2.10 bits per heavy atom. The smallest absolute Gasteiger partial charge is 0.244 e. The lowest BCUT2D eigenvalue weighted by Crippen LogP contribution is -2.37. The lowest BCUT2D eigenvalue weighted by atomic mass is 9.95. The molecule has 2 aliphatic carbocycles. The number of carbonyl (C=O) groups is 1. The van der Waals surface area contributed by atoms with Gasteiger partial charge in [-0.25, -0.2) is 0 Å². The first kappa shape index (κ1) is 12.7. The van der Waals surface area contributed by atoms with E-state index in [1.54, 1.807) is 6.08 Å². The SMILES string of the molecule is O=C(/C=C/c1ccc2c(c1)OCO2)N[C@H]1C[C@@H]2CC[C@@H]1C2. The Balaban J connectivity index is 1.37. The molecule has 1 aromatic rings. The highest BCUT2D eigenvalue weighted by molar-refractivity contribution is 5.92. The number of nitrogens with one attached hydrogen (secondary N) is 1. The van der Waals surface area contributed by atoms with Crippen molar-refractivity contribution < 1.29 is 14.3 Å². The summed E-state index contributed by atoms with van der Waals surface area (Å²) in [5.41, 5.74) is 0.947. The second kappa shape index (κ2) is 5.10. The predicted octanol–water partition coefficient (Wildman–Crippen LogP) is 2.73. The summed E-state index contributed by atoms with van der Waals surface area (Å²) in [6.45, 7) is 0.271. The average Bonchev–Trinajstić information content (AvgIpc) is 3.20. The minimum atomic E-state index is 0.00483. The van der Waals surface area contributed by atoms with Gasteiger partial charge >= 0.3 is 0 Å². The molecule has 110 valence electrons. The van der Waals surface area contributed by atoms with Crippen LogP contribution < -0.4 is 14.8 Å². The minimum Gasteiger partial charge on any atom is -0.454 e. The fourth-order valence-corrected chi connectivity index (χ4v) is 3.84. The molecule has 2 bridgehead atoms. The van der Waals surface area contributed by atoms with E-state index in [2.05, 4.69) is 5.32 Å². The van der Waals surface area contributed by atoms with Gasteiger partial charge in [0.05, 0.1) is 0 Å². The Labute approximate surface area is 124 Å². The van der Waals surface area contributed by atoms with Crippen molar-refractivity contribution in [1.82, 2.24) is 5.32 Å². The van der Waals surface area contributed by atoms with Crippen LogP contribution in [0.15, 0.2) is 24.3 Å². The summed E-state index contributed by atoms with van der Waals surface area (Å²) >= 11 is 0. The highest BCUT2D eigenvalue weighted by Crippen LogP contribution is 2.44. The van der Waals surface area contributed by atoms with Gasteiger partial charge < -0.3 is 14.8 Å². The van der Waals surface area contributed by atoms with Crippen molar-refractivity contribution in [2.75, 3.05) is 6.79 Å². The molecule has 0 saturated heterocycles. The van der Waals surface area contributed by atoms with Gasteiger partial charge in [0, 0.05) is 12.1 Å². The van der Waals surface area contributed by atoms with Crippen LogP contribution in [0.5, 0.6) is 11.5 Å². The van der Waals surface area contributed by atoms with Crippen molar-refractivity contribution in [2.45, 2.75) is 31.7 Å². The third-order valence-electron chi connectivity index (χ3n) is 4.89. The number of carbonyl (C=O) groups excluding carboxylic acids is 1. The second-order valence-electron chi connectivity index (χ2n) is 6.24. The van der Waals surface area contributed by atoms with Crippen molar-refractivity contribution >= 4 is 12.0 Å². The van der Waals surface area contributed by atoms with Crippen molar-refractivity contribution in [3.63, 3.8) is 0 Å². The van der Waals surface area contributed by atoms with E-state index in [0.717, 1.165) is 29.4 Å². The molecule has 3 aliphatic rings. The van der Waals surface area contributed by atoms with Crippen LogP contribution in [0.4, 0.5) is 0 Å². The summed E-state index contributed by atoms with van der Waals surface area (Å²) in [5, 5.41) is 3.15. The Morgan fingerprint density at radius 1 is 1.19 bits per heavy atom. The Hall–Kier alpha value is -1.97. The quantitative estimate of drug-likeness (QED) is 0.869. The van der Waals surface area contributed by atoms with Crippen molar-refractivity contribution in [1.29, 1.82) is 0 Å². The molecule has 21 heavy (non-hydrogen) atoms. The molecule has 0 spiro atoms. The van der Waals surface area contributed by atoms with E-state index >= 15 is 0 Å². The zero-order valence-electron chi connectivity index (χ0n) is 11.9. The van der Waals surface area contributed by atoms with Crippen LogP contribution in [0, 0.1) is 11.8 Å². The highest BCUT2D eigenvalue weighted by atomic mass is 16.7. The number of amides is 1. The lowest BCUT2D eigenvalue weighted by Gasteiger charge is -2.22. The van der Waals surface area contributed by atoms with Gasteiger partial charge in [-0.15, -0.1) is 0 Å². The maximum absolute atomic E-state index is 12.0. The summed E-state index contributed by atoms with van der Waals surface area (Å²) in [4.78, 5) is 12.0. The number of hydrogen-bond donors (Lipinski definition) is 1. The molecule has 4 heteroatoms. The zero-order chi connectivity index (χ0) is 14.2. The Morgan fingerprint density at radius 3 is 2.90 bits per heavy atom. The van der Waals surface area contributed by atoms with Crippen molar-refractivity contribution in [3.05, 3.63) is 29.8 Å². The van der Waals surface area contributed by atoms with Gasteiger partial charge in [0.2, 0.25) is 12.7 Å². The van der Waals surface area contributed by atoms with Crippen LogP contribution in [0.2, 0.25) is 0 Å². The van der Waals surface area contributed by atoms with Crippen molar-refractivity contribution in [3.8, 4) is 11.5 Å². The van der Waals surface area contributed by atoms with Gasteiger partial charge in [0.15, 0.2) is 11.5 Å². The summed E-state index contributed by atoms with van der Waals surface area (Å²) in [6, 6.07) is 6.08. The van der Waals surface area contributed by atoms with E-state index in [1.165, 1.54) is 19.3 Å². The third kappa shape index (κ3) is 2.50. The topological polar surface area (TPSA) is 47.6 Å². The van der Waals surface area contributed by atoms with Crippen LogP contribution in [0.3, 0.4) is 0 Å². The minimum absolute atomic E-state index is 0.00483. The van der Waals surface area contributed by atoms with Gasteiger partial charge in [0.25, 0.3) is 0 Å². The predicted molar refractivity (Wildman–Crippen MR) is 79.0 cm³/mol. The molecule has 2 saturated carbocycles. The Bertz CT molecular complexity index is 596. The first-order chi connectivity index (χ1) is 10.3. The first-order valence-electron chi connectivity index (χ1n) is 7.66. The fourth-order valence-electron chi connectivity index (χ4n) is 3.84. The van der Waals surface area contributed by atoms with E-state index in [9.17, 15) is 4.79 Å². The van der Waals surface area contributed by atoms with E-state index in [0.29, 0.717) is 12.0 Å². The number of benzene rings is 1. The molecular formula is C17H19NO3. The van der Waals surface area contributed by atoms with Crippen LogP contribution in [0.1, 0.15) is 31.2 Å². The first-order valence-corrected chi connectivity index (χ1v) is 7.66. The lowest BCUT2D eigenvalue weighted by molar-refractivity contribution is -0.117. The van der Waals surface area contributed by atoms with Gasteiger partial charge in [-0.3, -0.25) is 4.79 Å². The zero-order valence-corrected chi connectivity index (χ0v) is 11.9. The number of fused-ring (bicyclic) bond motifs is 3. The highest BCUT2D eigenvalue weighted by Gasteiger charge is 2.39. The third-order valence-corrected chi connectivity index (χ3v) is 4.89. The van der Waals surface area contributed by atoms with E-state index in [1.807, 2.05) is 24.3 Å². The second-order valence-corrected chi connectivity index (χ2v) is 6.24. The average molecular weight is 285 g/mol. The standard InChI is InChI=1S/C17H19NO3/c19-17(18-14-8-12-1-4-13(14)7-12)6-3-11-2-5-15-16(9-11)21-10-20-15/h2-3,5-6,9,12-14H,1,4,7-8,10H2,(H,18,19)/b6-3+/t12-,13-,14+/m1/s1. The Kier molecular flexibility index (Phi) is 3.09. The van der Waals surface area contributed by atoms with Gasteiger partial charge in [0.1, 0.15) is 0 Å². The monoisotopic (exact) mass is 285 g/mol. The van der Waals surface area contributed by atoms with Crippen LogP contribution in [0.25, 0.3) is 6.08 Å². The van der Waals surface area contributed by atoms with Gasteiger partial charge in [-0.2, -0.15) is 0 Å². The van der Waals surface area contributed by atoms with Gasteiger partial charge in [-0.1, -0.05) is 12.5 Å². The normalized spacial score (nSPS) is 29.2. The van der Waals surface area contributed by atoms with Crippen LogP contribution >= 0.6 is 0 Å². The van der Waals surface area contributed by atoms with Gasteiger partial charge in [-0.05, 0) is 54.9 Å². The van der Waals surface area contributed by atoms with E-state index in [-0.39, 0.29) is 12.7 Å². The van der Waals surface area contributed by atoms with Crippen LogP contribution in [-0.4, -0.2) is 18.7 Å². The molecule has 4 rings (SSSR count). The maximum atomic E-state index is 12.0. The summed E-state index contributed by atoms with van der Waals surface area (Å²) in [6.07, 6.45) is 8.53. The molecule has 3 atom stereocenters. The molecule has 4 nitrogen and oxygen atoms in total. The number of ether oxygens (including phenoxy) is 2. The molecule has 1 aromatic carbocycles. The molecular weight excluding hydrogens is 266 g/mol. The maximum Gasteiger partial charge on any atom is 0.244 e. The molecule has 0 aromatic heterocycles. The fraction of sp³-hybridized carbons (Fsp3) is 0.471. The summed E-state index contributed by atoms with van der Waals surface area (Å²) < 4.78 is 10.6. The molecule has 0 radical (unpaired) electrons. The number of rotatable bonds is 3. The molecule has 1 aliphatic heterocycles. The van der Waals surface area contributed by atoms with Crippen molar-refractivity contribution in [2.24, 2.45) is 11.8 Å². The summed E-state index contributed by atoms with van der Waals surface area (Å²) in [5.74, 6) is 3.06. The largest absolute Gasteiger partial charge is 0.454 e. The van der Waals surface area contributed by atoms with E-state index < -0.39 is 0 Å². The van der Waals surface area contributed by atoms with Crippen LogP contribution in [-0.2, 0) is 4.79 Å². The molecule has 1 N–H and O–H groups in total. The summed E-state index contributed by atoms with van der Waals surface area (Å²) in [7, 11) is 0. The molecule has 1 amide bonds. The van der Waals surface area contributed by atoms with E-state index in [4.69, 9.17) is 9.47 Å². The molecule has 0 unspecified atom stereocenters.